The maximum Gasteiger partial charge on any atom is 0.248 e. The van der Waals surface area contributed by atoms with Gasteiger partial charge in [0, 0.05) is 18.9 Å². The van der Waals surface area contributed by atoms with Crippen molar-refractivity contribution in [1.29, 1.82) is 0 Å². The molecule has 0 aromatic heterocycles. The van der Waals surface area contributed by atoms with Crippen molar-refractivity contribution in [2.75, 3.05) is 0 Å². The molecule has 3 N–H and O–H groups in total. The second kappa shape index (κ2) is 6.14. The first-order valence-electron chi connectivity index (χ1n) is 7.01. The van der Waals surface area contributed by atoms with E-state index in [4.69, 9.17) is 5.84 Å². The molecule has 0 heterocycles. The topological polar surface area (TPSA) is 38.0 Å². The number of nitrogens with two attached hydrogens (primary N) is 1. The molecule has 1 aliphatic carbocycles. The Balaban J connectivity index is 2.09. The molecule has 0 saturated heterocycles. The first-order chi connectivity index (χ1) is 9.41. The zero-order chi connectivity index (χ0) is 14.8. The summed E-state index contributed by atoms with van der Waals surface area (Å²) in [6.45, 7) is 1.80. The third-order valence-electron chi connectivity index (χ3n) is 4.12. The largest absolute Gasteiger partial charge is 0.271 e. The second-order valence-electron chi connectivity index (χ2n) is 5.77. The lowest BCUT2D eigenvalue weighted by molar-refractivity contribution is -0.0548. The molecular weight excluding hydrogens is 265 g/mol. The maximum absolute atomic E-state index is 13.4. The molecule has 1 fully saturated rings. The Morgan fingerprint density at radius 1 is 1.45 bits per heavy atom. The number of hydrogen-bond acceptors (Lipinski definition) is 2. The van der Waals surface area contributed by atoms with Crippen LogP contribution in [0.5, 0.6) is 0 Å². The van der Waals surface area contributed by atoms with Gasteiger partial charge in [0.2, 0.25) is 5.92 Å². The number of nitrogens with one attached hydrogen (secondary N) is 1. The van der Waals surface area contributed by atoms with Crippen molar-refractivity contribution in [1.82, 2.24) is 5.43 Å². The highest BCUT2D eigenvalue weighted by Crippen LogP contribution is 2.40. The van der Waals surface area contributed by atoms with Crippen LogP contribution in [0.25, 0.3) is 0 Å². The quantitative estimate of drug-likeness (QED) is 0.651. The summed E-state index contributed by atoms with van der Waals surface area (Å²) in [6, 6.07) is 4.28. The molecule has 1 aliphatic rings. The SMILES string of the molecule is Cc1cc(F)ccc1C(CC1CCCC(F)(F)C1)NN. The first-order valence-corrected chi connectivity index (χ1v) is 7.01. The minimum absolute atomic E-state index is 0.0141. The van der Waals surface area contributed by atoms with Crippen LogP contribution in [-0.2, 0) is 0 Å². The fourth-order valence-electron chi connectivity index (χ4n) is 3.13. The molecule has 1 aromatic carbocycles. The lowest BCUT2D eigenvalue weighted by Gasteiger charge is -2.31. The van der Waals surface area contributed by atoms with Crippen molar-refractivity contribution in [3.05, 3.63) is 35.1 Å². The average molecular weight is 286 g/mol. The molecule has 2 nitrogen and oxygen atoms in total. The minimum atomic E-state index is -2.56. The summed E-state index contributed by atoms with van der Waals surface area (Å²) in [5, 5.41) is 0. The van der Waals surface area contributed by atoms with Gasteiger partial charge in [-0.25, -0.2) is 13.2 Å². The standard InChI is InChI=1S/C15H21F3N2/c1-10-7-12(16)4-5-13(10)14(20-19)8-11-3-2-6-15(17,18)9-11/h4-5,7,11,14,20H,2-3,6,8-9,19H2,1H3. The Labute approximate surface area is 117 Å². The first kappa shape index (κ1) is 15.3. The summed E-state index contributed by atoms with van der Waals surface area (Å²) in [5.41, 5.74) is 4.35. The Hall–Kier alpha value is -1.07. The molecule has 2 unspecified atom stereocenters. The van der Waals surface area contributed by atoms with Crippen molar-refractivity contribution in [2.45, 2.75) is 51.0 Å². The highest BCUT2D eigenvalue weighted by atomic mass is 19.3. The van der Waals surface area contributed by atoms with Crippen LogP contribution in [0.4, 0.5) is 13.2 Å². The van der Waals surface area contributed by atoms with E-state index in [1.165, 1.54) is 12.1 Å². The Kier molecular flexibility index (Phi) is 4.70. The van der Waals surface area contributed by atoms with E-state index in [2.05, 4.69) is 5.43 Å². The zero-order valence-electron chi connectivity index (χ0n) is 11.6. The van der Waals surface area contributed by atoms with Gasteiger partial charge in [-0.15, -0.1) is 0 Å². The Morgan fingerprint density at radius 3 is 2.80 bits per heavy atom. The molecule has 2 atom stereocenters. The van der Waals surface area contributed by atoms with E-state index >= 15 is 0 Å². The van der Waals surface area contributed by atoms with Gasteiger partial charge in [0.1, 0.15) is 5.82 Å². The molecule has 112 valence electrons. The van der Waals surface area contributed by atoms with Crippen molar-refractivity contribution in [2.24, 2.45) is 11.8 Å². The van der Waals surface area contributed by atoms with Gasteiger partial charge in [-0.2, -0.15) is 0 Å². The average Bonchev–Trinajstić information content (AvgIpc) is 2.35. The van der Waals surface area contributed by atoms with Crippen molar-refractivity contribution >= 4 is 0 Å². The second-order valence-corrected chi connectivity index (χ2v) is 5.77. The lowest BCUT2D eigenvalue weighted by Crippen LogP contribution is -2.33. The van der Waals surface area contributed by atoms with Crippen molar-refractivity contribution in [3.63, 3.8) is 0 Å². The predicted molar refractivity (Wildman–Crippen MR) is 72.7 cm³/mol. The smallest absolute Gasteiger partial charge is 0.248 e. The number of hydrazine groups is 1. The van der Waals surface area contributed by atoms with Crippen LogP contribution in [0, 0.1) is 18.7 Å². The third-order valence-corrected chi connectivity index (χ3v) is 4.12. The summed E-state index contributed by atoms with van der Waals surface area (Å²) in [7, 11) is 0. The van der Waals surface area contributed by atoms with Crippen molar-refractivity contribution in [3.8, 4) is 0 Å². The number of benzene rings is 1. The van der Waals surface area contributed by atoms with Gasteiger partial charge in [-0.3, -0.25) is 11.3 Å². The molecule has 0 amide bonds. The van der Waals surface area contributed by atoms with Gasteiger partial charge in [0.15, 0.2) is 0 Å². The molecule has 0 spiro atoms. The number of rotatable bonds is 4. The molecule has 1 aromatic rings. The van der Waals surface area contributed by atoms with Gasteiger partial charge < -0.3 is 0 Å². The molecular formula is C15H21F3N2. The van der Waals surface area contributed by atoms with E-state index in [0.717, 1.165) is 17.5 Å². The van der Waals surface area contributed by atoms with Gasteiger partial charge in [-0.05, 0) is 55.4 Å². The van der Waals surface area contributed by atoms with E-state index in [0.29, 0.717) is 12.8 Å². The van der Waals surface area contributed by atoms with Crippen LogP contribution < -0.4 is 11.3 Å². The Morgan fingerprint density at radius 2 is 2.20 bits per heavy atom. The maximum atomic E-state index is 13.4. The molecule has 0 radical (unpaired) electrons. The van der Waals surface area contributed by atoms with E-state index < -0.39 is 5.92 Å². The molecule has 2 rings (SSSR count). The van der Waals surface area contributed by atoms with Crippen LogP contribution in [-0.4, -0.2) is 5.92 Å². The van der Waals surface area contributed by atoms with Crippen LogP contribution in [0.15, 0.2) is 18.2 Å². The summed E-state index contributed by atoms with van der Waals surface area (Å²) >= 11 is 0. The molecule has 0 bridgehead atoms. The van der Waals surface area contributed by atoms with Gasteiger partial charge in [0.05, 0.1) is 0 Å². The summed E-state index contributed by atoms with van der Waals surface area (Å²) < 4.78 is 40.0. The number of halogens is 3. The van der Waals surface area contributed by atoms with E-state index in [-0.39, 0.29) is 30.6 Å². The van der Waals surface area contributed by atoms with Gasteiger partial charge in [-0.1, -0.05) is 6.07 Å². The summed E-state index contributed by atoms with van der Waals surface area (Å²) in [4.78, 5) is 0. The van der Waals surface area contributed by atoms with Gasteiger partial charge in [0.25, 0.3) is 0 Å². The molecule has 20 heavy (non-hydrogen) atoms. The normalized spacial score (nSPS) is 23.6. The highest BCUT2D eigenvalue weighted by Gasteiger charge is 2.37. The molecule has 0 aliphatic heterocycles. The summed E-state index contributed by atoms with van der Waals surface area (Å²) in [6.07, 6.45) is 1.81. The van der Waals surface area contributed by atoms with Crippen LogP contribution in [0.1, 0.15) is 49.3 Å². The van der Waals surface area contributed by atoms with Crippen LogP contribution in [0.3, 0.4) is 0 Å². The minimum Gasteiger partial charge on any atom is -0.271 e. The molecule has 5 heteroatoms. The molecule has 1 saturated carbocycles. The predicted octanol–water partition coefficient (Wildman–Crippen LogP) is 3.85. The monoisotopic (exact) mass is 286 g/mol. The summed E-state index contributed by atoms with van der Waals surface area (Å²) in [5.74, 6) is 2.66. The fourth-order valence-corrected chi connectivity index (χ4v) is 3.13. The fraction of sp³-hybridized carbons (Fsp3) is 0.600. The highest BCUT2D eigenvalue weighted by molar-refractivity contribution is 5.29. The van der Waals surface area contributed by atoms with Crippen molar-refractivity contribution < 1.29 is 13.2 Å². The number of hydrogen-bond donors (Lipinski definition) is 2. The zero-order valence-corrected chi connectivity index (χ0v) is 11.6. The number of aryl methyl sites for hydroxylation is 1. The number of alkyl halides is 2. The lowest BCUT2D eigenvalue weighted by atomic mass is 9.81. The van der Waals surface area contributed by atoms with E-state index in [1.807, 2.05) is 0 Å². The third kappa shape index (κ3) is 3.73. The Bertz CT molecular complexity index is 462. The van der Waals surface area contributed by atoms with Crippen LogP contribution in [0.2, 0.25) is 0 Å². The van der Waals surface area contributed by atoms with Crippen LogP contribution >= 0.6 is 0 Å². The van der Waals surface area contributed by atoms with E-state index in [1.54, 1.807) is 13.0 Å². The van der Waals surface area contributed by atoms with E-state index in [9.17, 15) is 13.2 Å². The van der Waals surface area contributed by atoms with Gasteiger partial charge >= 0.3 is 0 Å².